The Balaban J connectivity index is 3.31. The van der Waals surface area contributed by atoms with E-state index >= 15 is 0 Å². The molecule has 1 rings (SSSR count). The highest BCUT2D eigenvalue weighted by atomic mass is 16.5. The van der Waals surface area contributed by atoms with E-state index < -0.39 is 0 Å². The van der Waals surface area contributed by atoms with Crippen LogP contribution < -0.4 is 5.73 Å². The lowest BCUT2D eigenvalue weighted by atomic mass is 9.91. The maximum absolute atomic E-state index is 11.7. The van der Waals surface area contributed by atoms with E-state index in [1.54, 1.807) is 19.9 Å². The molecular weight excluding hydrogens is 358 g/mol. The van der Waals surface area contributed by atoms with Gasteiger partial charge in [-0.2, -0.15) is 10.5 Å². The Labute approximate surface area is 165 Å². The maximum atomic E-state index is 11.7. The first-order valence-corrected chi connectivity index (χ1v) is 9.11. The highest BCUT2D eigenvalue weighted by molar-refractivity contribution is 5.74. The topological polar surface area (TPSA) is 126 Å². The molecule has 0 radical (unpaired) electrons. The molecule has 0 spiro atoms. The molecule has 0 heterocycles. The van der Waals surface area contributed by atoms with Crippen molar-refractivity contribution in [3.63, 3.8) is 0 Å². The molecule has 0 aromatic heterocycles. The molecule has 0 unspecified atom stereocenters. The SMILES string of the molecule is CCOC(=O)CCc1cc(C=C(C#N)C#N)c(C)c(CCC(=O)OCC)c1N. The summed E-state index contributed by atoms with van der Waals surface area (Å²) in [5.74, 6) is -0.660. The van der Waals surface area contributed by atoms with Gasteiger partial charge in [0, 0.05) is 18.5 Å². The smallest absolute Gasteiger partial charge is 0.306 e. The van der Waals surface area contributed by atoms with Crippen LogP contribution in [0.3, 0.4) is 0 Å². The molecule has 7 heteroatoms. The number of carbonyl (C=O) groups is 2. The van der Waals surface area contributed by atoms with Gasteiger partial charge in [0.15, 0.2) is 0 Å². The third kappa shape index (κ3) is 6.44. The molecule has 0 amide bonds. The molecule has 0 atom stereocenters. The molecule has 1 aromatic carbocycles. The fourth-order valence-corrected chi connectivity index (χ4v) is 2.80. The number of benzene rings is 1. The van der Waals surface area contributed by atoms with Crippen LogP contribution in [0.25, 0.3) is 6.08 Å². The lowest BCUT2D eigenvalue weighted by Gasteiger charge is -2.17. The van der Waals surface area contributed by atoms with Crippen LogP contribution in [0.2, 0.25) is 0 Å². The van der Waals surface area contributed by atoms with Gasteiger partial charge in [0.1, 0.15) is 17.7 Å². The summed E-state index contributed by atoms with van der Waals surface area (Å²) in [6.45, 7) is 5.90. The summed E-state index contributed by atoms with van der Waals surface area (Å²) in [4.78, 5) is 23.4. The number of nitrogen functional groups attached to an aromatic ring is 1. The van der Waals surface area contributed by atoms with Crippen LogP contribution in [0, 0.1) is 29.6 Å². The average Bonchev–Trinajstić information content (AvgIpc) is 2.67. The molecule has 7 nitrogen and oxygen atoms in total. The van der Waals surface area contributed by atoms with E-state index in [0.29, 0.717) is 42.9 Å². The molecule has 28 heavy (non-hydrogen) atoms. The molecule has 0 saturated carbocycles. The second-order valence-electron chi connectivity index (χ2n) is 6.03. The van der Waals surface area contributed by atoms with Gasteiger partial charge in [-0.25, -0.2) is 0 Å². The standard InChI is InChI=1S/C21H25N3O4/c1-4-27-19(25)8-6-16-11-17(10-15(12-22)13-23)14(3)18(21(16)24)7-9-20(26)28-5-2/h10-11H,4-9,24H2,1-3H3. The Bertz CT molecular complexity index is 829. The average molecular weight is 383 g/mol. The number of hydrogen-bond acceptors (Lipinski definition) is 7. The van der Waals surface area contributed by atoms with Gasteiger partial charge in [-0.1, -0.05) is 0 Å². The molecule has 0 fully saturated rings. The molecule has 1 aromatic rings. The number of anilines is 1. The molecule has 0 saturated heterocycles. The van der Waals surface area contributed by atoms with Crippen LogP contribution in [0.15, 0.2) is 11.6 Å². The number of esters is 2. The van der Waals surface area contributed by atoms with Gasteiger partial charge in [0.2, 0.25) is 0 Å². The van der Waals surface area contributed by atoms with Crippen molar-refractivity contribution in [3.8, 4) is 12.1 Å². The summed E-state index contributed by atoms with van der Waals surface area (Å²) in [5, 5.41) is 18.1. The zero-order valence-corrected chi connectivity index (χ0v) is 16.5. The minimum absolute atomic E-state index is 0.0412. The number of carbonyl (C=O) groups excluding carboxylic acids is 2. The normalized spacial score (nSPS) is 9.75. The molecular formula is C21H25N3O4. The monoisotopic (exact) mass is 383 g/mol. The van der Waals surface area contributed by atoms with Crippen LogP contribution in [-0.2, 0) is 31.9 Å². The Hall–Kier alpha value is -3.32. The summed E-state index contributed by atoms with van der Waals surface area (Å²) in [6, 6.07) is 5.44. The number of allylic oxidation sites excluding steroid dienone is 1. The van der Waals surface area contributed by atoms with Crippen LogP contribution in [-0.4, -0.2) is 25.2 Å². The maximum Gasteiger partial charge on any atom is 0.306 e. The van der Waals surface area contributed by atoms with E-state index in [-0.39, 0.29) is 30.4 Å². The Morgan fingerprint density at radius 2 is 1.61 bits per heavy atom. The highest BCUT2D eigenvalue weighted by Crippen LogP contribution is 2.29. The first-order valence-electron chi connectivity index (χ1n) is 9.11. The summed E-state index contributed by atoms with van der Waals surface area (Å²) < 4.78 is 9.92. The first-order chi connectivity index (χ1) is 13.4. The van der Waals surface area contributed by atoms with Crippen molar-refractivity contribution in [2.24, 2.45) is 0 Å². The Morgan fingerprint density at radius 3 is 2.11 bits per heavy atom. The molecule has 0 aliphatic rings. The van der Waals surface area contributed by atoms with Crippen LogP contribution >= 0.6 is 0 Å². The quantitative estimate of drug-likeness (QED) is 0.394. The number of nitrogens with zero attached hydrogens (tertiary/aromatic N) is 2. The molecule has 0 aliphatic heterocycles. The van der Waals surface area contributed by atoms with Gasteiger partial charge in [-0.15, -0.1) is 0 Å². The zero-order chi connectivity index (χ0) is 21.1. The summed E-state index contributed by atoms with van der Waals surface area (Å²) in [6.07, 6.45) is 2.51. The summed E-state index contributed by atoms with van der Waals surface area (Å²) in [7, 11) is 0. The summed E-state index contributed by atoms with van der Waals surface area (Å²) >= 11 is 0. The molecule has 148 valence electrons. The zero-order valence-electron chi connectivity index (χ0n) is 16.5. The van der Waals surface area contributed by atoms with Crippen molar-refractivity contribution in [2.45, 2.75) is 46.5 Å². The van der Waals surface area contributed by atoms with Crippen LogP contribution in [0.4, 0.5) is 5.69 Å². The van der Waals surface area contributed by atoms with E-state index in [9.17, 15) is 9.59 Å². The number of hydrogen-bond donors (Lipinski definition) is 1. The molecule has 0 bridgehead atoms. The fraction of sp³-hybridized carbons (Fsp3) is 0.429. The Kier molecular flexibility index (Phi) is 9.25. The fourth-order valence-electron chi connectivity index (χ4n) is 2.80. The van der Waals surface area contributed by atoms with E-state index in [1.165, 1.54) is 6.08 Å². The van der Waals surface area contributed by atoms with Crippen molar-refractivity contribution in [1.82, 2.24) is 0 Å². The van der Waals surface area contributed by atoms with Crippen LogP contribution in [0.1, 0.15) is 48.9 Å². The van der Waals surface area contributed by atoms with Gasteiger partial charge in [0.05, 0.1) is 13.2 Å². The minimum atomic E-state index is -0.331. The van der Waals surface area contributed by atoms with E-state index in [2.05, 4.69) is 0 Å². The van der Waals surface area contributed by atoms with Gasteiger partial charge in [-0.3, -0.25) is 9.59 Å². The lowest BCUT2D eigenvalue weighted by Crippen LogP contribution is -2.11. The predicted molar refractivity (Wildman–Crippen MR) is 105 cm³/mol. The van der Waals surface area contributed by atoms with Gasteiger partial charge < -0.3 is 15.2 Å². The number of nitrogens with two attached hydrogens (primary N) is 1. The number of nitriles is 2. The third-order valence-corrected chi connectivity index (χ3v) is 4.22. The lowest BCUT2D eigenvalue weighted by molar-refractivity contribution is -0.143. The minimum Gasteiger partial charge on any atom is -0.466 e. The van der Waals surface area contributed by atoms with Gasteiger partial charge >= 0.3 is 11.9 Å². The second kappa shape index (κ2) is 11.4. The highest BCUT2D eigenvalue weighted by Gasteiger charge is 2.16. The first kappa shape index (κ1) is 22.7. The van der Waals surface area contributed by atoms with Crippen LogP contribution in [0.5, 0.6) is 0 Å². The summed E-state index contributed by atoms with van der Waals surface area (Å²) in [5.41, 5.74) is 9.67. The number of aryl methyl sites for hydroxylation is 1. The molecule has 2 N–H and O–H groups in total. The van der Waals surface area contributed by atoms with Gasteiger partial charge in [-0.05, 0) is 68.0 Å². The number of ether oxygens (including phenoxy) is 2. The van der Waals surface area contributed by atoms with Crippen molar-refractivity contribution < 1.29 is 19.1 Å². The van der Waals surface area contributed by atoms with Crippen molar-refractivity contribution in [1.29, 1.82) is 10.5 Å². The number of rotatable bonds is 9. The van der Waals surface area contributed by atoms with Crippen molar-refractivity contribution in [3.05, 3.63) is 33.9 Å². The van der Waals surface area contributed by atoms with Crippen molar-refractivity contribution >= 4 is 23.7 Å². The van der Waals surface area contributed by atoms with E-state index in [1.807, 2.05) is 19.1 Å². The predicted octanol–water partition coefficient (Wildman–Crippen LogP) is 3.00. The third-order valence-electron chi connectivity index (χ3n) is 4.22. The van der Waals surface area contributed by atoms with E-state index in [4.69, 9.17) is 25.7 Å². The van der Waals surface area contributed by atoms with E-state index in [0.717, 1.165) is 11.1 Å². The molecule has 0 aliphatic carbocycles. The largest absolute Gasteiger partial charge is 0.466 e. The Morgan fingerprint density at radius 1 is 1.07 bits per heavy atom. The van der Waals surface area contributed by atoms with Crippen molar-refractivity contribution in [2.75, 3.05) is 18.9 Å². The van der Waals surface area contributed by atoms with Gasteiger partial charge in [0.25, 0.3) is 0 Å². The second-order valence-corrected chi connectivity index (χ2v) is 6.03.